The number of aliphatic hydroxyl groups excluding tert-OH is 2. The molecule has 0 amide bonds. The minimum Gasteiger partial charge on any atom is -0.508 e. The fourth-order valence-corrected chi connectivity index (χ4v) is 2.43. The highest BCUT2D eigenvalue weighted by atomic mass is 16.3. The van der Waals surface area contributed by atoms with E-state index in [0.29, 0.717) is 0 Å². The molecule has 0 radical (unpaired) electrons. The van der Waals surface area contributed by atoms with Gasteiger partial charge in [-0.2, -0.15) is 0 Å². The Morgan fingerprint density at radius 2 is 1.00 bits per heavy atom. The summed E-state index contributed by atoms with van der Waals surface area (Å²) in [7, 11) is 0. The van der Waals surface area contributed by atoms with E-state index < -0.39 is 225 Å². The smallest absolute Gasteiger partial charge is 0.293 e. The highest BCUT2D eigenvalue weighted by molar-refractivity contribution is 5.31. The molecule has 0 heterocycles. The zero-order chi connectivity index (χ0) is 74.4. The van der Waals surface area contributed by atoms with Gasteiger partial charge in [-0.15, -0.1) is 0 Å². The molecular formula is C36H52N4O8. The molecule has 48 heavy (non-hydrogen) atoms. The predicted octanol–water partition coefficient (Wildman–Crippen LogP) is 2.58. The molecule has 4 aromatic rings. The van der Waals surface area contributed by atoms with Crippen LogP contribution in [0.15, 0.2) is 96.7 Å². The maximum atomic E-state index is 8.05. The Hall–Kier alpha value is -4.24. The number of nitrogens with one attached hydrogen (secondary N) is 4. The summed E-state index contributed by atoms with van der Waals surface area (Å²) >= 11 is 0. The number of benzene rings is 4. The molecule has 0 aliphatic heterocycles. The zero-order valence-corrected chi connectivity index (χ0v) is 23.6. The molecule has 0 aromatic heterocycles. The van der Waals surface area contributed by atoms with Crippen molar-refractivity contribution < 1.29 is 93.1 Å². The number of likely N-dealkylation sites (N-methyl/N-ethyl adjacent to an activating group) is 4. The summed E-state index contributed by atoms with van der Waals surface area (Å²) in [5.41, 5.74) is -3.03. The molecule has 12 nitrogen and oxygen atoms in total. The van der Waals surface area contributed by atoms with Gasteiger partial charge in [0.05, 0.1) is 49.0 Å². The van der Waals surface area contributed by atoms with Crippen molar-refractivity contribution in [2.75, 3.05) is 54.0 Å². The molecule has 0 aliphatic carbocycles. The van der Waals surface area contributed by atoms with E-state index in [9.17, 15) is 0 Å². The summed E-state index contributed by atoms with van der Waals surface area (Å²) in [5, 5.41) is 31.8. The van der Waals surface area contributed by atoms with Gasteiger partial charge in [-0.3, -0.25) is 0 Å². The van der Waals surface area contributed by atoms with Gasteiger partial charge in [0.25, 0.3) is 5.72 Å². The molecule has 264 valence electrons. The van der Waals surface area contributed by atoms with Crippen LogP contribution >= 0.6 is 0 Å². The molecule has 0 spiro atoms. The number of aliphatic hydroxyl groups is 4. The minimum atomic E-state index is -3.60. The van der Waals surface area contributed by atoms with E-state index in [0.717, 1.165) is 0 Å². The Morgan fingerprint density at radius 3 is 1.48 bits per heavy atom. The van der Waals surface area contributed by atoms with Crippen LogP contribution in [-0.4, -0.2) is 106 Å². The van der Waals surface area contributed by atoms with Crippen LogP contribution in [0.5, 0.6) is 23.0 Å². The first kappa shape index (κ1) is 9.93. The van der Waals surface area contributed by atoms with E-state index in [-0.39, 0.29) is 16.2 Å². The number of phenolic OH excluding ortho intramolecular Hbond substituents is 4. The third-order valence-electron chi connectivity index (χ3n) is 4.36. The quantitative estimate of drug-likeness (QED) is 0.0638. The van der Waals surface area contributed by atoms with Gasteiger partial charge in [0.1, 0.15) is 28.6 Å². The third-order valence-corrected chi connectivity index (χ3v) is 4.36. The van der Waals surface area contributed by atoms with Crippen molar-refractivity contribution in [3.63, 3.8) is 0 Å². The van der Waals surface area contributed by atoms with Crippen molar-refractivity contribution in [2.45, 2.75) is 24.4 Å². The topological polar surface area (TPSA) is 210 Å². The average Bonchev–Trinajstić information content (AvgIpc) is 0.741. The molecule has 4 aromatic carbocycles. The molecule has 0 bridgehead atoms. The third kappa shape index (κ3) is 17.1. The van der Waals surface area contributed by atoms with Crippen LogP contribution in [0, 0.1) is 0 Å². The van der Waals surface area contributed by atoms with Crippen LogP contribution in [0.4, 0.5) is 0 Å². The lowest BCUT2D eigenvalue weighted by Gasteiger charge is -2.09. The number of hydrogen-bond donors (Lipinski definition) is 12. The Kier molecular flexibility index (Phi) is 4.96. The van der Waals surface area contributed by atoms with Crippen molar-refractivity contribution in [1.82, 2.24) is 21.2 Å². The summed E-state index contributed by atoms with van der Waals surface area (Å²) in [6.45, 7) is -20.9. The first-order valence-corrected chi connectivity index (χ1v) is 12.0. The molecule has 0 saturated heterocycles. The van der Waals surface area contributed by atoms with Crippen molar-refractivity contribution in [3.05, 3.63) is 119 Å². The summed E-state index contributed by atoms with van der Waals surface area (Å²) < 4.78 is 340. The number of rotatable bonds is 20. The molecule has 4 rings (SSSR count). The van der Waals surface area contributed by atoms with Gasteiger partial charge >= 0.3 is 0 Å². The molecule has 12 N–H and O–H groups in total. The summed E-state index contributed by atoms with van der Waals surface area (Å²) in [4.78, 5) is 0. The van der Waals surface area contributed by atoms with Crippen molar-refractivity contribution in [1.29, 1.82) is 11.4 Å². The van der Waals surface area contributed by atoms with Crippen molar-refractivity contribution in [2.24, 2.45) is 0 Å². The van der Waals surface area contributed by atoms with Gasteiger partial charge in [0.2, 0.25) is 5.72 Å². The second-order valence-corrected chi connectivity index (χ2v) is 7.64. The Balaban J connectivity index is 0.000000627. The predicted molar refractivity (Wildman–Crippen MR) is 188 cm³/mol. The first-order valence-electron chi connectivity index (χ1n) is 34.1. The fraction of sp³-hybridized carbons (Fsp3) is 0.333. The first-order chi connectivity index (χ1) is 42.5. The highest BCUT2D eigenvalue weighted by Crippen LogP contribution is 2.19. The van der Waals surface area contributed by atoms with Crippen molar-refractivity contribution in [3.8, 4) is 23.0 Å². The normalized spacial score (nSPS) is 29.5. The van der Waals surface area contributed by atoms with Crippen LogP contribution in [0.1, 0.15) is 93.2 Å². The lowest BCUT2D eigenvalue weighted by molar-refractivity contribution is 0.177. The number of aromatic hydroxyl groups is 4. The maximum Gasteiger partial charge on any atom is 0.293 e. The molecule has 0 fully saturated rings. The van der Waals surface area contributed by atoms with E-state index in [4.69, 9.17) is 63.7 Å². The van der Waals surface area contributed by atoms with Crippen LogP contribution < -0.4 is 21.2 Å². The second-order valence-electron chi connectivity index (χ2n) is 7.64. The zero-order valence-electron chi connectivity index (χ0n) is 69.6. The largest absolute Gasteiger partial charge is 0.508 e. The summed E-state index contributed by atoms with van der Waals surface area (Å²) in [6, 6.07) is -13.0. The molecule has 12 heteroatoms. The molecule has 0 saturated carbocycles. The van der Waals surface area contributed by atoms with Gasteiger partial charge in [-0.1, -0.05) is 48.3 Å². The lowest BCUT2D eigenvalue weighted by Crippen LogP contribution is -2.16. The van der Waals surface area contributed by atoms with Gasteiger partial charge in [0.15, 0.2) is 0 Å². The number of phenols is 4. The van der Waals surface area contributed by atoms with Gasteiger partial charge in [0, 0.05) is 48.0 Å². The summed E-state index contributed by atoms with van der Waals surface area (Å²) in [5.74, 6) is -3.04. The summed E-state index contributed by atoms with van der Waals surface area (Å²) in [6.07, 6.45) is -9.89. The van der Waals surface area contributed by atoms with Crippen LogP contribution in [0.2, 0.25) is 5.65 Å². The van der Waals surface area contributed by atoms with Crippen LogP contribution in [-0.2, 0) is 0 Å². The SMILES string of the molecule is [2H]Oc1c([2H])c([2H])c([2H])c([C@@H](CN([2H])C([2H])([2H])[2H])O[2H])c1[2H].[2H]Oc1c([2H])c([2H])c([2H])c([C@@]([2H])(CN([2H])C([2H])([2H])[2H])O[2H])c1[2H].[2H]Oc1c([2H])c([2H])c([2H])c([C@H](O[2H])C([2H])([2H])N([2H])C([2H])([2H])[2H])c1[2H].[2H]Oc1c([2H])c([2H])c([2H])c([C@]([2H])(O[2H])C([2H])([2H])N([2H])C([2H])([2H])[2H])c1[2H]. The Morgan fingerprint density at radius 1 is 0.562 bits per heavy atom. The number of hydrogen-bond acceptors (Lipinski definition) is 12. The van der Waals surface area contributed by atoms with E-state index in [2.05, 4.69) is 40.9 Å². The van der Waals surface area contributed by atoms with Crippen molar-refractivity contribution >= 4 is 0 Å². The van der Waals surface area contributed by atoms with Gasteiger partial charge < -0.3 is 62.1 Å². The molecule has 4 atom stereocenters. The standard InChI is InChI=1S/4C9H13NO2/c4*1-10-6-9(12)7-3-2-4-8(11)5-7/h4*2-5,9-12H,6H2,1H3/t4*9-/m1111/s1/i1D3,2D,3D,4D,5D,6D2,9D,12D;1D3,2D,3D,4D,5D,9D,12D;1D3,2D,3D,4D,5D,6D2,12D;1D3,2D,3D,4D,5D,12D/hD8. The second kappa shape index (κ2) is 24.0. The lowest BCUT2D eigenvalue weighted by atomic mass is 10.1. The Bertz CT molecular complexity index is 3260. The molecular weight excluding hydrogens is 616 g/mol. The highest BCUT2D eigenvalue weighted by Gasteiger charge is 2.08. The fourth-order valence-electron chi connectivity index (χ4n) is 2.43. The average molecular weight is 715 g/mol. The van der Waals surface area contributed by atoms with E-state index in [1.807, 2.05) is 0 Å². The molecule has 0 aliphatic rings. The van der Waals surface area contributed by atoms with Gasteiger partial charge in [-0.25, -0.2) is 0 Å². The molecule has 0 unspecified atom stereocenters. The minimum absolute atomic E-state index is 0.0348. The Labute approximate surface area is 348 Å². The van der Waals surface area contributed by atoms with Crippen LogP contribution in [0.25, 0.3) is 0 Å². The van der Waals surface area contributed by atoms with E-state index in [1.165, 1.54) is 0 Å². The van der Waals surface area contributed by atoms with E-state index in [1.54, 1.807) is 0 Å². The van der Waals surface area contributed by atoms with Crippen LogP contribution in [0.3, 0.4) is 0 Å². The van der Waals surface area contributed by atoms with E-state index >= 15 is 0 Å². The van der Waals surface area contributed by atoms with Gasteiger partial charge in [-0.05, 0) is 98.5 Å². The monoisotopic (exact) mass is 715 g/mol. The maximum absolute atomic E-state index is 8.05.